The molecular formula is C12H10N4O5. The lowest BCUT2D eigenvalue weighted by atomic mass is 10.2. The Balaban J connectivity index is 2.50. The van der Waals surface area contributed by atoms with Crippen LogP contribution in [0.1, 0.15) is 11.1 Å². The largest absolute Gasteiger partial charge is 0.494 e. The van der Waals surface area contributed by atoms with Crippen LogP contribution in [0.2, 0.25) is 0 Å². The van der Waals surface area contributed by atoms with E-state index in [4.69, 9.17) is 0 Å². The highest BCUT2D eigenvalue weighted by atomic mass is 16.6. The molecule has 2 aromatic rings. The summed E-state index contributed by atoms with van der Waals surface area (Å²) < 4.78 is 0. The highest BCUT2D eigenvalue weighted by molar-refractivity contribution is 5.85. The van der Waals surface area contributed by atoms with Crippen molar-refractivity contribution in [3.8, 4) is 5.88 Å². The molecule has 0 aliphatic heterocycles. The first kappa shape index (κ1) is 14.2. The van der Waals surface area contributed by atoms with E-state index >= 15 is 0 Å². The molecule has 0 atom stereocenters. The number of nitro benzene ring substituents is 1. The Kier molecular flexibility index (Phi) is 3.65. The summed E-state index contributed by atoms with van der Waals surface area (Å²) in [6.07, 6.45) is 0.946. The number of aromatic hydroxyl groups is 1. The van der Waals surface area contributed by atoms with Gasteiger partial charge in [-0.2, -0.15) is 0 Å². The molecule has 0 bridgehead atoms. The van der Waals surface area contributed by atoms with Gasteiger partial charge in [-0.15, -0.1) is 0 Å². The predicted molar refractivity (Wildman–Crippen MR) is 74.4 cm³/mol. The molecule has 0 spiro atoms. The summed E-state index contributed by atoms with van der Waals surface area (Å²) in [4.78, 5) is 40.5. The molecule has 1 heterocycles. The molecule has 0 aliphatic rings. The van der Waals surface area contributed by atoms with Crippen LogP contribution in [0.4, 0.5) is 11.4 Å². The van der Waals surface area contributed by atoms with Crippen molar-refractivity contribution in [2.24, 2.45) is 4.99 Å². The number of aromatic amines is 2. The Labute approximate surface area is 116 Å². The van der Waals surface area contributed by atoms with Crippen LogP contribution in [0.25, 0.3) is 0 Å². The highest BCUT2D eigenvalue weighted by Crippen LogP contribution is 2.27. The minimum absolute atomic E-state index is 0.0237. The molecule has 3 N–H and O–H groups in total. The van der Waals surface area contributed by atoms with Gasteiger partial charge in [0.25, 0.3) is 11.2 Å². The fourth-order valence-electron chi connectivity index (χ4n) is 1.63. The monoisotopic (exact) mass is 290 g/mol. The standard InChI is InChI=1S/C12H10N4O5/c1-6-2-3-8(9(4-6)16(20)21)13-5-7-10(17)14-12(19)15-11(7)18/h2-5H,1H3,(H3,14,15,17,18,19). The van der Waals surface area contributed by atoms with E-state index in [1.807, 2.05) is 9.97 Å². The van der Waals surface area contributed by atoms with Gasteiger partial charge in [-0.3, -0.25) is 24.9 Å². The molecule has 0 radical (unpaired) electrons. The minimum atomic E-state index is -0.865. The number of H-pyrrole nitrogens is 2. The van der Waals surface area contributed by atoms with Crippen molar-refractivity contribution in [2.45, 2.75) is 6.92 Å². The molecule has 9 heteroatoms. The van der Waals surface area contributed by atoms with Crippen LogP contribution in [0.15, 0.2) is 32.8 Å². The molecule has 0 fully saturated rings. The van der Waals surface area contributed by atoms with Gasteiger partial charge < -0.3 is 5.11 Å². The number of hydrogen-bond donors (Lipinski definition) is 3. The average molecular weight is 290 g/mol. The molecule has 21 heavy (non-hydrogen) atoms. The van der Waals surface area contributed by atoms with E-state index < -0.39 is 22.1 Å². The van der Waals surface area contributed by atoms with E-state index in [1.54, 1.807) is 13.0 Å². The van der Waals surface area contributed by atoms with Gasteiger partial charge in [0.1, 0.15) is 11.3 Å². The van der Waals surface area contributed by atoms with Gasteiger partial charge in [-0.05, 0) is 18.6 Å². The number of aliphatic imine (C=N–C) groups is 1. The number of aromatic nitrogens is 2. The van der Waals surface area contributed by atoms with E-state index in [0.29, 0.717) is 5.56 Å². The summed E-state index contributed by atoms with van der Waals surface area (Å²) in [7, 11) is 0. The molecule has 0 aliphatic carbocycles. The molecule has 9 nitrogen and oxygen atoms in total. The van der Waals surface area contributed by atoms with E-state index in [1.165, 1.54) is 12.1 Å². The van der Waals surface area contributed by atoms with Crippen LogP contribution in [0, 0.1) is 17.0 Å². The van der Waals surface area contributed by atoms with Crippen LogP contribution in [0.3, 0.4) is 0 Å². The molecule has 1 aromatic heterocycles. The lowest BCUT2D eigenvalue weighted by Crippen LogP contribution is -2.24. The Bertz CT molecular complexity index is 849. The summed E-state index contributed by atoms with van der Waals surface area (Å²) in [6.45, 7) is 1.69. The van der Waals surface area contributed by atoms with Crippen molar-refractivity contribution in [1.82, 2.24) is 9.97 Å². The minimum Gasteiger partial charge on any atom is -0.494 e. The Hall–Kier alpha value is -3.23. The summed E-state index contributed by atoms with van der Waals surface area (Å²) in [5.74, 6) is -0.665. The summed E-state index contributed by atoms with van der Waals surface area (Å²) >= 11 is 0. The molecule has 1 aromatic carbocycles. The molecule has 0 amide bonds. The fraction of sp³-hybridized carbons (Fsp3) is 0.0833. The second-order valence-corrected chi connectivity index (χ2v) is 4.18. The predicted octanol–water partition coefficient (Wildman–Crippen LogP) is 0.736. The smallest absolute Gasteiger partial charge is 0.328 e. The summed E-state index contributed by atoms with van der Waals surface area (Å²) in [6, 6.07) is 4.38. The van der Waals surface area contributed by atoms with E-state index in [-0.39, 0.29) is 16.9 Å². The lowest BCUT2D eigenvalue weighted by Gasteiger charge is -1.99. The quantitative estimate of drug-likeness (QED) is 0.434. The highest BCUT2D eigenvalue weighted by Gasteiger charge is 2.13. The van der Waals surface area contributed by atoms with Gasteiger partial charge in [0.15, 0.2) is 0 Å². The second-order valence-electron chi connectivity index (χ2n) is 4.18. The number of aryl methyl sites for hydroxylation is 1. The molecule has 0 unspecified atom stereocenters. The lowest BCUT2D eigenvalue weighted by molar-refractivity contribution is -0.384. The maximum absolute atomic E-state index is 11.5. The zero-order valence-electron chi connectivity index (χ0n) is 10.8. The molecular weight excluding hydrogens is 280 g/mol. The van der Waals surface area contributed by atoms with Gasteiger partial charge >= 0.3 is 5.69 Å². The topological polar surface area (TPSA) is 141 Å². The normalized spacial score (nSPS) is 10.9. The van der Waals surface area contributed by atoms with Crippen LogP contribution < -0.4 is 11.2 Å². The fourth-order valence-corrected chi connectivity index (χ4v) is 1.63. The Morgan fingerprint density at radius 2 is 2.05 bits per heavy atom. The van der Waals surface area contributed by atoms with Crippen molar-refractivity contribution < 1.29 is 10.0 Å². The van der Waals surface area contributed by atoms with Crippen molar-refractivity contribution in [1.29, 1.82) is 0 Å². The zero-order chi connectivity index (χ0) is 15.6. The third kappa shape index (κ3) is 3.03. The maximum atomic E-state index is 11.5. The zero-order valence-corrected chi connectivity index (χ0v) is 10.8. The second kappa shape index (κ2) is 5.41. The number of nitrogens with one attached hydrogen (secondary N) is 2. The Morgan fingerprint density at radius 3 is 2.67 bits per heavy atom. The third-order valence-corrected chi connectivity index (χ3v) is 2.62. The molecule has 108 valence electrons. The first-order valence-electron chi connectivity index (χ1n) is 5.73. The third-order valence-electron chi connectivity index (χ3n) is 2.62. The van der Waals surface area contributed by atoms with Crippen LogP contribution in [-0.2, 0) is 0 Å². The first-order chi connectivity index (χ1) is 9.88. The van der Waals surface area contributed by atoms with Gasteiger partial charge in [0.2, 0.25) is 5.88 Å². The van der Waals surface area contributed by atoms with Gasteiger partial charge in [0, 0.05) is 12.3 Å². The van der Waals surface area contributed by atoms with E-state index in [0.717, 1.165) is 6.21 Å². The Morgan fingerprint density at radius 1 is 1.33 bits per heavy atom. The summed E-state index contributed by atoms with van der Waals surface area (Å²) in [5, 5.41) is 20.4. The van der Waals surface area contributed by atoms with Crippen molar-refractivity contribution >= 4 is 17.6 Å². The van der Waals surface area contributed by atoms with E-state index in [9.17, 15) is 24.8 Å². The van der Waals surface area contributed by atoms with E-state index in [2.05, 4.69) is 4.99 Å². The molecule has 2 rings (SSSR count). The van der Waals surface area contributed by atoms with Gasteiger partial charge in [-0.1, -0.05) is 6.07 Å². The number of benzene rings is 1. The van der Waals surface area contributed by atoms with Gasteiger partial charge in [0.05, 0.1) is 4.92 Å². The van der Waals surface area contributed by atoms with Crippen molar-refractivity contribution in [3.63, 3.8) is 0 Å². The molecule has 0 saturated heterocycles. The number of nitrogens with zero attached hydrogens (tertiary/aromatic N) is 2. The van der Waals surface area contributed by atoms with Crippen LogP contribution in [0.5, 0.6) is 5.88 Å². The van der Waals surface area contributed by atoms with Crippen molar-refractivity contribution in [3.05, 3.63) is 60.3 Å². The average Bonchev–Trinajstić information content (AvgIpc) is 2.38. The SMILES string of the molecule is Cc1ccc(N=Cc2c(O)[nH]c(=O)[nH]c2=O)c([N+](=O)[O-])c1. The van der Waals surface area contributed by atoms with Crippen LogP contribution >= 0.6 is 0 Å². The first-order valence-corrected chi connectivity index (χ1v) is 5.73. The van der Waals surface area contributed by atoms with Crippen LogP contribution in [-0.4, -0.2) is 26.2 Å². The number of hydrogen-bond acceptors (Lipinski definition) is 6. The number of nitro groups is 1. The number of rotatable bonds is 3. The molecule has 0 saturated carbocycles. The van der Waals surface area contributed by atoms with Crippen molar-refractivity contribution in [2.75, 3.05) is 0 Å². The van der Waals surface area contributed by atoms with Gasteiger partial charge in [-0.25, -0.2) is 9.79 Å². The maximum Gasteiger partial charge on any atom is 0.328 e. The summed E-state index contributed by atoms with van der Waals surface area (Å²) in [5.41, 5.74) is -1.54.